The maximum atomic E-state index is 12.6. The Morgan fingerprint density at radius 3 is 2.62 bits per heavy atom. The number of benzene rings is 1. The molecule has 1 amide bonds. The summed E-state index contributed by atoms with van der Waals surface area (Å²) in [4.78, 5) is 11.1. The van der Waals surface area contributed by atoms with Crippen molar-refractivity contribution in [1.82, 2.24) is 10.6 Å². The summed E-state index contributed by atoms with van der Waals surface area (Å²) in [6.07, 6.45) is -0.473. The summed E-state index contributed by atoms with van der Waals surface area (Å²) in [5.41, 5.74) is 0.755. The van der Waals surface area contributed by atoms with Crippen LogP contribution >= 0.6 is 0 Å². The van der Waals surface area contributed by atoms with Crippen molar-refractivity contribution in [1.29, 1.82) is 0 Å². The van der Waals surface area contributed by atoms with Crippen molar-refractivity contribution in [2.45, 2.75) is 6.61 Å². The molecule has 88 valence electrons. The van der Waals surface area contributed by atoms with Gasteiger partial charge < -0.3 is 15.4 Å². The minimum absolute atomic E-state index is 0.145. The number of halogens is 1. The quantitative estimate of drug-likeness (QED) is 0.743. The second kappa shape index (κ2) is 6.79. The Hall–Kier alpha value is -1.62. The van der Waals surface area contributed by atoms with Crippen LogP contribution in [0.1, 0.15) is 5.56 Å². The highest BCUT2D eigenvalue weighted by atomic mass is 19.1. The monoisotopic (exact) mass is 226 g/mol. The average molecular weight is 226 g/mol. The van der Waals surface area contributed by atoms with Gasteiger partial charge in [0, 0.05) is 13.1 Å². The molecule has 1 aromatic rings. The van der Waals surface area contributed by atoms with E-state index < -0.39 is 6.09 Å². The Morgan fingerprint density at radius 2 is 2.00 bits per heavy atom. The Balaban J connectivity index is 2.23. The Morgan fingerprint density at radius 1 is 1.31 bits per heavy atom. The topological polar surface area (TPSA) is 50.4 Å². The lowest BCUT2D eigenvalue weighted by molar-refractivity contribution is 0.140. The van der Waals surface area contributed by atoms with E-state index in [4.69, 9.17) is 4.74 Å². The van der Waals surface area contributed by atoms with Gasteiger partial charge in [-0.25, -0.2) is 9.18 Å². The normalized spacial score (nSPS) is 9.88. The van der Waals surface area contributed by atoms with Gasteiger partial charge in [-0.2, -0.15) is 0 Å². The molecule has 0 aliphatic rings. The summed E-state index contributed by atoms with van der Waals surface area (Å²) in [6.45, 7) is 1.34. The van der Waals surface area contributed by atoms with Gasteiger partial charge in [0.05, 0.1) is 0 Å². The third-order valence-corrected chi connectivity index (χ3v) is 1.93. The van der Waals surface area contributed by atoms with Gasteiger partial charge in [-0.15, -0.1) is 0 Å². The molecule has 0 atom stereocenters. The van der Waals surface area contributed by atoms with Gasteiger partial charge in [-0.3, -0.25) is 0 Å². The molecule has 2 N–H and O–H groups in total. The summed E-state index contributed by atoms with van der Waals surface area (Å²) in [5, 5.41) is 5.46. The predicted octanol–water partition coefficient (Wildman–Crippen LogP) is 1.27. The minimum atomic E-state index is -0.473. The zero-order chi connectivity index (χ0) is 11.8. The van der Waals surface area contributed by atoms with E-state index >= 15 is 0 Å². The van der Waals surface area contributed by atoms with Crippen molar-refractivity contribution in [3.05, 3.63) is 35.6 Å². The lowest BCUT2D eigenvalue weighted by Gasteiger charge is -2.06. The highest BCUT2D eigenvalue weighted by Gasteiger charge is 2.01. The second-order valence-corrected chi connectivity index (χ2v) is 3.23. The van der Waals surface area contributed by atoms with Gasteiger partial charge >= 0.3 is 6.09 Å². The van der Waals surface area contributed by atoms with Gasteiger partial charge in [-0.05, 0) is 24.7 Å². The molecule has 0 aliphatic carbocycles. The van der Waals surface area contributed by atoms with E-state index in [0.717, 1.165) is 5.56 Å². The molecule has 0 aliphatic heterocycles. The molecule has 4 nitrogen and oxygen atoms in total. The molecule has 1 rings (SSSR count). The predicted molar refractivity (Wildman–Crippen MR) is 58.5 cm³/mol. The van der Waals surface area contributed by atoms with Crippen LogP contribution in [0.2, 0.25) is 0 Å². The van der Waals surface area contributed by atoms with Crippen LogP contribution in [-0.4, -0.2) is 26.2 Å². The first-order valence-electron chi connectivity index (χ1n) is 5.02. The largest absolute Gasteiger partial charge is 0.445 e. The number of alkyl carbamates (subject to hydrolysis) is 1. The zero-order valence-electron chi connectivity index (χ0n) is 9.13. The first kappa shape index (κ1) is 12.4. The molecule has 0 saturated carbocycles. The van der Waals surface area contributed by atoms with E-state index in [-0.39, 0.29) is 12.4 Å². The first-order valence-corrected chi connectivity index (χ1v) is 5.02. The molecule has 0 spiro atoms. The van der Waals surface area contributed by atoms with Crippen LogP contribution in [0.5, 0.6) is 0 Å². The van der Waals surface area contributed by atoms with E-state index in [1.165, 1.54) is 12.1 Å². The number of carbonyl (C=O) groups is 1. The molecule has 0 fully saturated rings. The molecular formula is C11H15FN2O2. The molecule has 0 heterocycles. The molecule has 5 heteroatoms. The first-order chi connectivity index (χ1) is 7.72. The van der Waals surface area contributed by atoms with Gasteiger partial charge in [-0.1, -0.05) is 12.1 Å². The summed E-state index contributed by atoms with van der Waals surface area (Å²) >= 11 is 0. The van der Waals surface area contributed by atoms with Crippen molar-refractivity contribution in [2.24, 2.45) is 0 Å². The summed E-state index contributed by atoms with van der Waals surface area (Å²) in [6, 6.07) is 5.82. The third-order valence-electron chi connectivity index (χ3n) is 1.93. The maximum absolute atomic E-state index is 12.6. The van der Waals surface area contributed by atoms with Crippen LogP contribution in [0.3, 0.4) is 0 Å². The SMILES string of the molecule is CNCCNC(=O)OCc1ccc(F)cc1. The van der Waals surface area contributed by atoms with Crippen molar-refractivity contribution in [3.63, 3.8) is 0 Å². The Labute approximate surface area is 93.8 Å². The van der Waals surface area contributed by atoms with Crippen LogP contribution in [-0.2, 0) is 11.3 Å². The van der Waals surface area contributed by atoms with E-state index in [1.807, 2.05) is 0 Å². The molecule has 0 radical (unpaired) electrons. The van der Waals surface area contributed by atoms with Gasteiger partial charge in [0.25, 0.3) is 0 Å². The molecule has 0 bridgehead atoms. The van der Waals surface area contributed by atoms with Crippen molar-refractivity contribution in [3.8, 4) is 0 Å². The number of hydrogen-bond donors (Lipinski definition) is 2. The highest BCUT2D eigenvalue weighted by molar-refractivity contribution is 5.67. The molecule has 0 unspecified atom stereocenters. The second-order valence-electron chi connectivity index (χ2n) is 3.23. The Kier molecular flexibility index (Phi) is 5.28. The number of nitrogens with one attached hydrogen (secondary N) is 2. The standard InChI is InChI=1S/C11H15FN2O2/c1-13-6-7-14-11(15)16-8-9-2-4-10(12)5-3-9/h2-5,13H,6-8H2,1H3,(H,14,15). The minimum Gasteiger partial charge on any atom is -0.445 e. The van der Waals surface area contributed by atoms with E-state index in [2.05, 4.69) is 10.6 Å². The fourth-order valence-electron chi connectivity index (χ4n) is 1.07. The van der Waals surface area contributed by atoms with Crippen LogP contribution in [0.15, 0.2) is 24.3 Å². The van der Waals surface area contributed by atoms with Crippen LogP contribution in [0, 0.1) is 5.82 Å². The average Bonchev–Trinajstić information content (AvgIpc) is 2.29. The lowest BCUT2D eigenvalue weighted by atomic mass is 10.2. The molecule has 1 aromatic carbocycles. The molecule has 0 aromatic heterocycles. The number of hydrogen-bond acceptors (Lipinski definition) is 3. The van der Waals surface area contributed by atoms with E-state index in [1.54, 1.807) is 19.2 Å². The Bertz CT molecular complexity index is 327. The van der Waals surface area contributed by atoms with Crippen LogP contribution < -0.4 is 10.6 Å². The van der Waals surface area contributed by atoms with Crippen molar-refractivity contribution in [2.75, 3.05) is 20.1 Å². The van der Waals surface area contributed by atoms with Crippen LogP contribution in [0.25, 0.3) is 0 Å². The fraction of sp³-hybridized carbons (Fsp3) is 0.364. The zero-order valence-corrected chi connectivity index (χ0v) is 9.13. The number of rotatable bonds is 5. The highest BCUT2D eigenvalue weighted by Crippen LogP contribution is 2.03. The maximum Gasteiger partial charge on any atom is 0.407 e. The summed E-state index contributed by atoms with van der Waals surface area (Å²) in [7, 11) is 1.80. The molecule has 0 saturated heterocycles. The number of likely N-dealkylation sites (N-methyl/N-ethyl adjacent to an activating group) is 1. The summed E-state index contributed by atoms with van der Waals surface area (Å²) < 4.78 is 17.5. The van der Waals surface area contributed by atoms with Gasteiger partial charge in [0.15, 0.2) is 0 Å². The fourth-order valence-corrected chi connectivity index (χ4v) is 1.07. The number of amides is 1. The van der Waals surface area contributed by atoms with E-state index in [0.29, 0.717) is 13.1 Å². The molecular weight excluding hydrogens is 211 g/mol. The summed E-state index contributed by atoms with van der Waals surface area (Å²) in [5.74, 6) is -0.303. The van der Waals surface area contributed by atoms with Gasteiger partial charge in [0.1, 0.15) is 12.4 Å². The molecule has 16 heavy (non-hydrogen) atoms. The van der Waals surface area contributed by atoms with Crippen molar-refractivity contribution >= 4 is 6.09 Å². The number of ether oxygens (including phenoxy) is 1. The lowest BCUT2D eigenvalue weighted by Crippen LogP contribution is -2.30. The van der Waals surface area contributed by atoms with E-state index in [9.17, 15) is 9.18 Å². The van der Waals surface area contributed by atoms with Crippen molar-refractivity contribution < 1.29 is 13.9 Å². The number of carbonyl (C=O) groups excluding carboxylic acids is 1. The van der Waals surface area contributed by atoms with Gasteiger partial charge in [0.2, 0.25) is 0 Å². The van der Waals surface area contributed by atoms with Crippen LogP contribution in [0.4, 0.5) is 9.18 Å². The third kappa shape index (κ3) is 4.75. The smallest absolute Gasteiger partial charge is 0.407 e.